The van der Waals surface area contributed by atoms with Crippen LogP contribution in [0.4, 0.5) is 0 Å². The smallest absolute Gasteiger partial charge is 0.0473 e. The van der Waals surface area contributed by atoms with Gasteiger partial charge in [0.05, 0.1) is 0 Å². The molecule has 0 aliphatic rings. The summed E-state index contributed by atoms with van der Waals surface area (Å²) < 4.78 is 0. The second-order valence-corrected chi connectivity index (χ2v) is 5.65. The monoisotopic (exact) mass is 268 g/mol. The summed E-state index contributed by atoms with van der Waals surface area (Å²) in [5.41, 5.74) is 0. The largest absolute Gasteiger partial charge is 0.103 e. The molecule has 0 rings (SSSR count). The third kappa shape index (κ3) is 27.1. The van der Waals surface area contributed by atoms with Crippen molar-refractivity contribution in [1.29, 1.82) is 0 Å². The summed E-state index contributed by atoms with van der Waals surface area (Å²) in [6, 6.07) is 0. The summed E-state index contributed by atoms with van der Waals surface area (Å²) in [7, 11) is 0. The van der Waals surface area contributed by atoms with Gasteiger partial charge in [0.1, 0.15) is 0 Å². The zero-order chi connectivity index (χ0) is 14.6. The van der Waals surface area contributed by atoms with E-state index in [0.29, 0.717) is 0 Å². The Hall–Kier alpha value is -0.260. The molecule has 0 nitrogen and oxygen atoms in total. The summed E-state index contributed by atoms with van der Waals surface area (Å²) in [5.74, 6) is 0. The Morgan fingerprint density at radius 2 is 0.684 bits per heavy atom. The maximum absolute atomic E-state index is 3.36. The predicted molar refractivity (Wildman–Crippen MR) is 91.9 cm³/mol. The van der Waals surface area contributed by atoms with Gasteiger partial charge in [0.25, 0.3) is 0 Å². The van der Waals surface area contributed by atoms with Crippen LogP contribution in [0, 0.1) is 0 Å². The second-order valence-electron chi connectivity index (χ2n) is 5.65. The van der Waals surface area contributed by atoms with Gasteiger partial charge in [-0.1, -0.05) is 110 Å². The van der Waals surface area contributed by atoms with Crippen LogP contribution in [0.5, 0.6) is 0 Å². The first kappa shape index (κ1) is 21.0. The highest BCUT2D eigenvalue weighted by Crippen LogP contribution is 2.12. The molecule has 0 atom stereocenters. The van der Waals surface area contributed by atoms with E-state index >= 15 is 0 Å². The number of rotatable bonds is 13. The van der Waals surface area contributed by atoms with Gasteiger partial charge < -0.3 is 0 Å². The maximum atomic E-state index is 3.36. The van der Waals surface area contributed by atoms with Gasteiger partial charge in [-0.25, -0.2) is 0 Å². The van der Waals surface area contributed by atoms with Gasteiger partial charge in [-0.3, -0.25) is 0 Å². The van der Waals surface area contributed by atoms with Crippen LogP contribution in [0.25, 0.3) is 0 Å². The lowest BCUT2D eigenvalue weighted by molar-refractivity contribution is 0.538. The maximum Gasteiger partial charge on any atom is -0.0473 e. The minimum atomic E-state index is 1.37. The van der Waals surface area contributed by atoms with Crippen molar-refractivity contribution in [3.63, 3.8) is 0 Å². The summed E-state index contributed by atoms with van der Waals surface area (Å²) in [5, 5.41) is 0. The van der Waals surface area contributed by atoms with Gasteiger partial charge in [0.2, 0.25) is 0 Å². The van der Waals surface area contributed by atoms with Crippen LogP contribution in [-0.2, 0) is 0 Å². The molecule has 0 spiro atoms. The topological polar surface area (TPSA) is 0 Å². The third-order valence-electron chi connectivity index (χ3n) is 3.46. The highest BCUT2D eigenvalue weighted by Gasteiger charge is 1.92. The number of hydrogen-bond donors (Lipinski definition) is 0. The Labute approximate surface area is 124 Å². The van der Waals surface area contributed by atoms with Gasteiger partial charge >= 0.3 is 0 Å². The van der Waals surface area contributed by atoms with E-state index in [4.69, 9.17) is 0 Å². The highest BCUT2D eigenvalue weighted by atomic mass is 14.0. The van der Waals surface area contributed by atoms with E-state index in [2.05, 4.69) is 20.4 Å². The molecule has 0 radical (unpaired) electrons. The van der Waals surface area contributed by atoms with E-state index in [-0.39, 0.29) is 0 Å². The van der Waals surface area contributed by atoms with Gasteiger partial charge in [-0.05, 0) is 6.92 Å². The molecule has 0 fully saturated rings. The molecule has 0 aliphatic carbocycles. The normalized spacial score (nSPS) is 9.84. The lowest BCUT2D eigenvalue weighted by atomic mass is 10.0. The van der Waals surface area contributed by atoms with Crippen LogP contribution < -0.4 is 0 Å². The van der Waals surface area contributed by atoms with Crippen LogP contribution in [0.1, 0.15) is 111 Å². The van der Waals surface area contributed by atoms with E-state index in [0.717, 1.165) is 0 Å². The first-order valence-corrected chi connectivity index (χ1v) is 8.90. The summed E-state index contributed by atoms with van der Waals surface area (Å²) >= 11 is 0. The average molecular weight is 269 g/mol. The van der Waals surface area contributed by atoms with Crippen molar-refractivity contribution in [2.24, 2.45) is 0 Å². The molecular formula is C19H40. The molecule has 0 aromatic heterocycles. The van der Waals surface area contributed by atoms with Gasteiger partial charge in [-0.2, -0.15) is 0 Å². The molecular weight excluding hydrogens is 228 g/mol. The van der Waals surface area contributed by atoms with Crippen molar-refractivity contribution in [2.75, 3.05) is 0 Å². The van der Waals surface area contributed by atoms with Gasteiger partial charge in [0.15, 0.2) is 0 Å². The fraction of sp³-hybridized carbons (Fsp3) is 0.895. The average Bonchev–Trinajstić information content (AvgIpc) is 2.41. The zero-order valence-electron chi connectivity index (χ0n) is 14.2. The molecule has 0 amide bonds. The number of allylic oxidation sites excluding steroid dienone is 1. The molecule has 0 aromatic rings. The van der Waals surface area contributed by atoms with Crippen molar-refractivity contribution in [3.8, 4) is 0 Å². The molecule has 0 heterocycles. The van der Waals surface area contributed by atoms with E-state index in [1.54, 1.807) is 6.08 Å². The van der Waals surface area contributed by atoms with Crippen molar-refractivity contribution >= 4 is 0 Å². The Balaban J connectivity index is 0. The fourth-order valence-corrected chi connectivity index (χ4v) is 2.27. The minimum absolute atomic E-state index is 1.37. The lowest BCUT2D eigenvalue weighted by Crippen LogP contribution is -1.82. The molecule has 0 heteroatoms. The minimum Gasteiger partial charge on any atom is -0.103 e. The molecule has 116 valence electrons. The molecule has 0 aliphatic heterocycles. The number of unbranched alkanes of at least 4 members (excludes halogenated alkanes) is 13. The van der Waals surface area contributed by atoms with E-state index in [1.807, 2.05) is 6.92 Å². The molecule has 0 saturated carbocycles. The molecule has 0 bridgehead atoms. The summed E-state index contributed by atoms with van der Waals surface area (Å²) in [6.07, 6.45) is 22.2. The van der Waals surface area contributed by atoms with Crippen molar-refractivity contribution in [3.05, 3.63) is 12.7 Å². The van der Waals surface area contributed by atoms with Crippen molar-refractivity contribution in [1.82, 2.24) is 0 Å². The van der Waals surface area contributed by atoms with Crippen LogP contribution >= 0.6 is 0 Å². The van der Waals surface area contributed by atoms with Crippen LogP contribution in [0.3, 0.4) is 0 Å². The molecule has 0 unspecified atom stereocenters. The summed E-state index contributed by atoms with van der Waals surface area (Å²) in [4.78, 5) is 0. The standard InChI is InChI=1S/C16H34.C3H6/c1-3-5-7-9-11-13-15-16-14-12-10-8-6-4-2;1-3-2/h3-16H2,1-2H3;3H,1H2,2H3. The Kier molecular flexibility index (Phi) is 25.3. The quantitative estimate of drug-likeness (QED) is 0.237. The molecule has 0 N–H and O–H groups in total. The van der Waals surface area contributed by atoms with Gasteiger partial charge in [0, 0.05) is 0 Å². The van der Waals surface area contributed by atoms with Crippen LogP contribution in [0.2, 0.25) is 0 Å². The first-order chi connectivity index (χ1) is 9.33. The summed E-state index contributed by atoms with van der Waals surface area (Å²) in [6.45, 7) is 9.83. The fourth-order valence-electron chi connectivity index (χ4n) is 2.27. The lowest BCUT2D eigenvalue weighted by Gasteiger charge is -2.02. The van der Waals surface area contributed by atoms with Crippen molar-refractivity contribution in [2.45, 2.75) is 111 Å². The van der Waals surface area contributed by atoms with Gasteiger partial charge in [-0.15, -0.1) is 6.58 Å². The third-order valence-corrected chi connectivity index (χ3v) is 3.46. The zero-order valence-corrected chi connectivity index (χ0v) is 14.2. The Morgan fingerprint density at radius 1 is 0.526 bits per heavy atom. The highest BCUT2D eigenvalue weighted by molar-refractivity contribution is 4.51. The predicted octanol–water partition coefficient (Wildman–Crippen LogP) is 7.68. The van der Waals surface area contributed by atoms with Crippen LogP contribution in [0.15, 0.2) is 12.7 Å². The first-order valence-electron chi connectivity index (χ1n) is 8.90. The Morgan fingerprint density at radius 3 is 0.842 bits per heavy atom. The number of hydrogen-bond acceptors (Lipinski definition) is 0. The van der Waals surface area contributed by atoms with E-state index < -0.39 is 0 Å². The van der Waals surface area contributed by atoms with E-state index in [1.165, 1.54) is 89.9 Å². The molecule has 0 saturated heterocycles. The second kappa shape index (κ2) is 22.9. The molecule has 0 aromatic carbocycles. The molecule has 19 heavy (non-hydrogen) atoms. The van der Waals surface area contributed by atoms with E-state index in [9.17, 15) is 0 Å². The van der Waals surface area contributed by atoms with Crippen LogP contribution in [-0.4, -0.2) is 0 Å². The van der Waals surface area contributed by atoms with Crippen molar-refractivity contribution < 1.29 is 0 Å². The SMILES string of the molecule is C=CC.CCCCCCCCCCCCCCCC. The Bertz CT molecular complexity index is 123.